The van der Waals surface area contributed by atoms with Gasteiger partial charge in [0, 0.05) is 25.4 Å². The lowest BCUT2D eigenvalue weighted by molar-refractivity contribution is -0.130. The Morgan fingerprint density at radius 2 is 2.42 bits per heavy atom. The molecule has 1 aliphatic heterocycles. The van der Waals surface area contributed by atoms with E-state index in [1.807, 2.05) is 4.90 Å². The molecule has 1 amide bonds. The van der Waals surface area contributed by atoms with Crippen molar-refractivity contribution in [3.63, 3.8) is 0 Å². The highest BCUT2D eigenvalue weighted by Gasteiger charge is 2.22. The molecule has 0 aromatic carbocycles. The average Bonchev–Trinajstić information content (AvgIpc) is 2.47. The number of carbonyl (C=O) groups excluding carboxylic acids is 1. The molecule has 1 aliphatic rings. The quantitative estimate of drug-likeness (QED) is 0.621. The van der Waals surface area contributed by atoms with E-state index in [0.717, 1.165) is 25.9 Å². The number of rotatable bonds is 3. The smallest absolute Gasteiger partial charge is 0.222 e. The van der Waals surface area contributed by atoms with Crippen LogP contribution in [0, 0.1) is 5.92 Å². The summed E-state index contributed by atoms with van der Waals surface area (Å²) in [6.07, 6.45) is 2.59. The van der Waals surface area contributed by atoms with Gasteiger partial charge in [-0.3, -0.25) is 4.79 Å². The molecule has 0 aromatic rings. The van der Waals surface area contributed by atoms with Gasteiger partial charge in [0.2, 0.25) is 5.91 Å². The first-order valence-electron chi connectivity index (χ1n) is 4.57. The second-order valence-electron chi connectivity index (χ2n) is 3.53. The molecule has 1 rings (SSSR count). The molecule has 0 spiro atoms. The Kier molecular flexibility index (Phi) is 3.86. The summed E-state index contributed by atoms with van der Waals surface area (Å²) < 4.78 is 0. The predicted molar refractivity (Wildman–Crippen MR) is 50.3 cm³/mol. The van der Waals surface area contributed by atoms with Crippen LogP contribution in [0.1, 0.15) is 26.2 Å². The van der Waals surface area contributed by atoms with Crippen LogP contribution < -0.4 is 0 Å². The van der Waals surface area contributed by atoms with Crippen molar-refractivity contribution >= 4 is 17.5 Å². The molecule has 3 heteroatoms. The molecule has 1 heterocycles. The Hall–Kier alpha value is -0.240. The number of hydrogen-bond acceptors (Lipinski definition) is 1. The number of amides is 1. The zero-order valence-corrected chi connectivity index (χ0v) is 8.31. The van der Waals surface area contributed by atoms with Crippen LogP contribution in [0.5, 0.6) is 0 Å². The van der Waals surface area contributed by atoms with Crippen molar-refractivity contribution in [1.29, 1.82) is 0 Å². The Morgan fingerprint density at radius 3 is 2.92 bits per heavy atom. The Morgan fingerprint density at radius 1 is 1.67 bits per heavy atom. The third-order valence-electron chi connectivity index (χ3n) is 2.30. The molecular formula is C9H16ClNO. The molecule has 0 N–H and O–H groups in total. The number of carbonyl (C=O) groups is 1. The van der Waals surface area contributed by atoms with Gasteiger partial charge in [-0.2, -0.15) is 0 Å². The van der Waals surface area contributed by atoms with E-state index in [4.69, 9.17) is 11.6 Å². The maximum absolute atomic E-state index is 11.4. The van der Waals surface area contributed by atoms with E-state index in [2.05, 4.69) is 6.92 Å². The second-order valence-corrected chi connectivity index (χ2v) is 3.90. The van der Waals surface area contributed by atoms with Gasteiger partial charge in [0.15, 0.2) is 0 Å². The summed E-state index contributed by atoms with van der Waals surface area (Å²) in [6.45, 7) is 4.08. The van der Waals surface area contributed by atoms with Crippen molar-refractivity contribution in [2.24, 2.45) is 5.92 Å². The van der Waals surface area contributed by atoms with Crippen LogP contribution in [-0.4, -0.2) is 29.8 Å². The van der Waals surface area contributed by atoms with E-state index < -0.39 is 0 Å². The fourth-order valence-electron chi connectivity index (χ4n) is 1.54. The third kappa shape index (κ3) is 2.67. The molecular weight excluding hydrogens is 174 g/mol. The minimum absolute atomic E-state index is 0.278. The highest BCUT2D eigenvalue weighted by atomic mass is 35.5. The number of nitrogens with zero attached hydrogens (tertiary/aromatic N) is 1. The number of likely N-dealkylation sites (tertiary alicyclic amines) is 1. The van der Waals surface area contributed by atoms with Crippen molar-refractivity contribution in [2.45, 2.75) is 26.2 Å². The Labute approximate surface area is 78.9 Å². The number of alkyl halides is 1. The van der Waals surface area contributed by atoms with E-state index in [-0.39, 0.29) is 5.91 Å². The van der Waals surface area contributed by atoms with Gasteiger partial charge < -0.3 is 4.90 Å². The maximum atomic E-state index is 11.4. The van der Waals surface area contributed by atoms with Crippen molar-refractivity contribution in [2.75, 3.05) is 19.0 Å². The van der Waals surface area contributed by atoms with Crippen molar-refractivity contribution in [1.82, 2.24) is 4.90 Å². The molecule has 1 fully saturated rings. The zero-order chi connectivity index (χ0) is 8.97. The minimum Gasteiger partial charge on any atom is -0.342 e. The van der Waals surface area contributed by atoms with E-state index in [0.29, 0.717) is 18.2 Å². The van der Waals surface area contributed by atoms with Gasteiger partial charge >= 0.3 is 0 Å². The molecule has 1 saturated heterocycles. The van der Waals surface area contributed by atoms with Gasteiger partial charge in [-0.05, 0) is 18.8 Å². The SMILES string of the molecule is CC1CCN(C(=O)CCCCl)C1. The summed E-state index contributed by atoms with van der Waals surface area (Å²) in [5.41, 5.74) is 0. The van der Waals surface area contributed by atoms with Gasteiger partial charge in [-0.25, -0.2) is 0 Å². The Balaban J connectivity index is 2.23. The molecule has 1 atom stereocenters. The second kappa shape index (κ2) is 4.70. The standard InChI is InChI=1S/C9H16ClNO/c1-8-4-6-11(7-8)9(12)3-2-5-10/h8H,2-7H2,1H3. The summed E-state index contributed by atoms with van der Waals surface area (Å²) in [7, 11) is 0. The largest absolute Gasteiger partial charge is 0.342 e. The molecule has 0 radical (unpaired) electrons. The van der Waals surface area contributed by atoms with Crippen LogP contribution in [-0.2, 0) is 4.79 Å². The molecule has 70 valence electrons. The minimum atomic E-state index is 0.278. The van der Waals surface area contributed by atoms with E-state index in [1.165, 1.54) is 0 Å². The van der Waals surface area contributed by atoms with Crippen molar-refractivity contribution in [3.8, 4) is 0 Å². The molecule has 0 aromatic heterocycles. The maximum Gasteiger partial charge on any atom is 0.222 e. The average molecular weight is 190 g/mol. The summed E-state index contributed by atoms with van der Waals surface area (Å²) in [6, 6.07) is 0. The predicted octanol–water partition coefficient (Wildman–Crippen LogP) is 1.87. The van der Waals surface area contributed by atoms with Crippen LogP contribution >= 0.6 is 11.6 Å². The number of hydrogen-bond donors (Lipinski definition) is 0. The lowest BCUT2D eigenvalue weighted by Gasteiger charge is -2.14. The first-order valence-corrected chi connectivity index (χ1v) is 5.11. The molecule has 1 unspecified atom stereocenters. The summed E-state index contributed by atoms with van der Waals surface area (Å²) in [5, 5.41) is 0. The lowest BCUT2D eigenvalue weighted by Crippen LogP contribution is -2.28. The van der Waals surface area contributed by atoms with Gasteiger partial charge in [0.05, 0.1) is 0 Å². The van der Waals surface area contributed by atoms with Crippen LogP contribution in [0.3, 0.4) is 0 Å². The normalized spacial score (nSPS) is 23.2. The third-order valence-corrected chi connectivity index (χ3v) is 2.57. The first kappa shape index (κ1) is 9.85. The topological polar surface area (TPSA) is 20.3 Å². The molecule has 0 saturated carbocycles. The zero-order valence-electron chi connectivity index (χ0n) is 7.55. The fraction of sp³-hybridized carbons (Fsp3) is 0.889. The lowest BCUT2D eigenvalue weighted by atomic mass is 10.2. The van der Waals surface area contributed by atoms with Crippen LogP contribution in [0.15, 0.2) is 0 Å². The van der Waals surface area contributed by atoms with Gasteiger partial charge in [-0.1, -0.05) is 6.92 Å². The fourth-order valence-corrected chi connectivity index (χ4v) is 1.67. The van der Waals surface area contributed by atoms with Gasteiger partial charge in [-0.15, -0.1) is 11.6 Å². The van der Waals surface area contributed by atoms with Crippen LogP contribution in [0.2, 0.25) is 0 Å². The number of halogens is 1. The van der Waals surface area contributed by atoms with E-state index in [1.54, 1.807) is 0 Å². The van der Waals surface area contributed by atoms with E-state index in [9.17, 15) is 4.79 Å². The van der Waals surface area contributed by atoms with Crippen molar-refractivity contribution in [3.05, 3.63) is 0 Å². The highest BCUT2D eigenvalue weighted by Crippen LogP contribution is 2.16. The molecule has 12 heavy (non-hydrogen) atoms. The molecule has 0 bridgehead atoms. The molecule has 0 aliphatic carbocycles. The summed E-state index contributed by atoms with van der Waals surface area (Å²) >= 11 is 5.51. The monoisotopic (exact) mass is 189 g/mol. The summed E-state index contributed by atoms with van der Waals surface area (Å²) in [4.78, 5) is 13.4. The van der Waals surface area contributed by atoms with Crippen molar-refractivity contribution < 1.29 is 4.79 Å². The highest BCUT2D eigenvalue weighted by molar-refractivity contribution is 6.17. The first-order chi connectivity index (χ1) is 5.74. The van der Waals surface area contributed by atoms with Gasteiger partial charge in [0.1, 0.15) is 0 Å². The van der Waals surface area contributed by atoms with Crippen LogP contribution in [0.25, 0.3) is 0 Å². The molecule has 2 nitrogen and oxygen atoms in total. The van der Waals surface area contributed by atoms with Crippen LogP contribution in [0.4, 0.5) is 0 Å². The Bertz CT molecular complexity index is 161. The van der Waals surface area contributed by atoms with E-state index >= 15 is 0 Å². The van der Waals surface area contributed by atoms with Gasteiger partial charge in [0.25, 0.3) is 0 Å². The summed E-state index contributed by atoms with van der Waals surface area (Å²) in [5.74, 6) is 1.56.